The van der Waals surface area contributed by atoms with Gasteiger partial charge in [0.1, 0.15) is 29.2 Å². The summed E-state index contributed by atoms with van der Waals surface area (Å²) in [5.41, 5.74) is 4.39. The minimum Gasteiger partial charge on any atom is -0.361 e. The van der Waals surface area contributed by atoms with Gasteiger partial charge in [0, 0.05) is 55.3 Å². The van der Waals surface area contributed by atoms with Gasteiger partial charge < -0.3 is 40.2 Å². The van der Waals surface area contributed by atoms with Crippen LogP contribution in [0.5, 0.6) is 0 Å². The third kappa shape index (κ3) is 8.24. The van der Waals surface area contributed by atoms with Crippen molar-refractivity contribution in [2.24, 2.45) is 0 Å². The van der Waals surface area contributed by atoms with Crippen molar-refractivity contribution < 1.29 is 28.5 Å². The van der Waals surface area contributed by atoms with E-state index in [1.165, 1.54) is 4.90 Å². The Morgan fingerprint density at radius 2 is 1.70 bits per heavy atom. The van der Waals surface area contributed by atoms with Crippen LogP contribution in [0.1, 0.15) is 69.7 Å². The average molecular weight is 724 g/mol. The molecular weight excluding hydrogens is 678 g/mol. The summed E-state index contributed by atoms with van der Waals surface area (Å²) in [7, 11) is 0. The van der Waals surface area contributed by atoms with Crippen LogP contribution in [-0.2, 0) is 27.3 Å². The van der Waals surface area contributed by atoms with Crippen molar-refractivity contribution in [2.45, 2.75) is 72.0 Å². The fourth-order valence-corrected chi connectivity index (χ4v) is 6.78. The molecule has 3 aromatic heterocycles. The molecule has 0 fully saturated rings. The Kier molecular flexibility index (Phi) is 11.2. The van der Waals surface area contributed by atoms with Gasteiger partial charge in [0.2, 0.25) is 17.7 Å². The van der Waals surface area contributed by atoms with Gasteiger partial charge in [-0.15, -0.1) is 0 Å². The lowest BCUT2D eigenvalue weighted by molar-refractivity contribution is -0.132. The van der Waals surface area contributed by atoms with Crippen molar-refractivity contribution in [1.82, 2.24) is 45.9 Å². The second kappa shape index (κ2) is 16.1. The number of aryl methyl sites for hydroxylation is 4. The van der Waals surface area contributed by atoms with Crippen molar-refractivity contribution in [3.63, 3.8) is 0 Å². The normalized spacial score (nSPS) is 18.6. The van der Waals surface area contributed by atoms with Gasteiger partial charge in [-0.1, -0.05) is 30.3 Å². The van der Waals surface area contributed by atoms with Crippen LogP contribution >= 0.6 is 0 Å². The highest BCUT2D eigenvalue weighted by Crippen LogP contribution is 2.21. The van der Waals surface area contributed by atoms with Crippen LogP contribution in [0.25, 0.3) is 21.9 Å². The van der Waals surface area contributed by atoms with Crippen LogP contribution in [0.2, 0.25) is 0 Å². The number of rotatable bonds is 4. The summed E-state index contributed by atoms with van der Waals surface area (Å²) >= 11 is 0. The molecule has 0 radical (unpaired) electrons. The zero-order valence-electron chi connectivity index (χ0n) is 30.4. The number of aromatic amines is 1. The predicted octanol–water partition coefficient (Wildman–Crippen LogP) is 2.84. The van der Waals surface area contributed by atoms with Crippen molar-refractivity contribution in [2.75, 3.05) is 26.2 Å². The number of imidazole rings is 1. The van der Waals surface area contributed by atoms with Crippen molar-refractivity contribution >= 4 is 51.5 Å². The maximum atomic E-state index is 13.8. The van der Waals surface area contributed by atoms with Gasteiger partial charge >= 0.3 is 0 Å². The largest absolute Gasteiger partial charge is 0.361 e. The molecule has 0 aliphatic carbocycles. The standard InChI is InChI=1S/C38H45N9O6/c1-5-28-37(51)44-31(18-26-20-41-29-11-7-6-10-27(26)29)36(50)40-15-9-17-47-24(4)42-30-13-12-25(19-32(30)47)35(49)39-14-8-16-46(21-33(48)43-28)38(52)34-22(2)45-53-23(34)3/h6-7,10-13,19-20,28,31,41H,5,8-9,14-18,21H2,1-4H3,(H,39,49)(H,40,50)(H,43,48)(H,44,51)/t28-,31+/m0/s1. The Morgan fingerprint density at radius 3 is 2.47 bits per heavy atom. The number of H-pyrrole nitrogens is 1. The fraction of sp³-hybridized carbons (Fsp3) is 0.395. The van der Waals surface area contributed by atoms with Gasteiger partial charge in [0.05, 0.1) is 23.3 Å². The number of hydrogen-bond acceptors (Lipinski definition) is 8. The molecule has 53 heavy (non-hydrogen) atoms. The van der Waals surface area contributed by atoms with Crippen LogP contribution in [-0.4, -0.2) is 92.4 Å². The molecule has 4 heterocycles. The highest BCUT2D eigenvalue weighted by Gasteiger charge is 2.29. The molecule has 278 valence electrons. The number of para-hydroxylation sites is 1. The van der Waals surface area contributed by atoms with E-state index in [0.29, 0.717) is 42.9 Å². The molecule has 15 nitrogen and oxygen atoms in total. The molecule has 1 aliphatic heterocycles. The number of amides is 5. The van der Waals surface area contributed by atoms with Gasteiger partial charge in [-0.2, -0.15) is 0 Å². The summed E-state index contributed by atoms with van der Waals surface area (Å²) in [5, 5.41) is 16.4. The zero-order valence-corrected chi connectivity index (χ0v) is 30.4. The van der Waals surface area contributed by atoms with E-state index in [-0.39, 0.29) is 49.9 Å². The second-order valence-electron chi connectivity index (χ2n) is 13.3. The van der Waals surface area contributed by atoms with Gasteiger partial charge in [-0.05, 0) is 69.9 Å². The Balaban J connectivity index is 1.29. The monoisotopic (exact) mass is 723 g/mol. The number of nitrogens with zero attached hydrogens (tertiary/aromatic N) is 4. The van der Waals surface area contributed by atoms with Crippen LogP contribution in [0, 0.1) is 20.8 Å². The maximum Gasteiger partial charge on any atom is 0.259 e. The minimum atomic E-state index is -0.977. The van der Waals surface area contributed by atoms with E-state index in [4.69, 9.17) is 4.52 Å². The summed E-state index contributed by atoms with van der Waals surface area (Å²) in [6.07, 6.45) is 3.19. The molecule has 0 saturated carbocycles. The summed E-state index contributed by atoms with van der Waals surface area (Å²) in [6, 6.07) is 11.1. The van der Waals surface area contributed by atoms with E-state index < -0.39 is 29.8 Å². The van der Waals surface area contributed by atoms with E-state index in [1.807, 2.05) is 42.0 Å². The SMILES string of the molecule is CC[C@@H]1NC(=O)CN(C(=O)c2c(C)noc2C)CCCNC(=O)c2ccc3nc(C)n(c3c2)CCCNC(=O)[C@@H](Cc2c[nH]c3ccccc23)NC1=O. The van der Waals surface area contributed by atoms with Gasteiger partial charge in [0.25, 0.3) is 11.8 Å². The first-order valence-electron chi connectivity index (χ1n) is 17.9. The Bertz CT molecular complexity index is 2150. The van der Waals surface area contributed by atoms with Crippen molar-refractivity contribution in [3.05, 3.63) is 82.6 Å². The summed E-state index contributed by atoms with van der Waals surface area (Å²) in [6.45, 7) is 7.77. The molecule has 2 atom stereocenters. The molecule has 0 saturated heterocycles. The lowest BCUT2D eigenvalue weighted by atomic mass is 10.0. The maximum absolute atomic E-state index is 13.8. The summed E-state index contributed by atoms with van der Waals surface area (Å²) in [4.78, 5) is 77.2. The number of nitrogens with one attached hydrogen (secondary N) is 5. The Morgan fingerprint density at radius 1 is 0.925 bits per heavy atom. The zero-order chi connectivity index (χ0) is 37.6. The number of hydrogen-bond donors (Lipinski definition) is 5. The minimum absolute atomic E-state index is 0.122. The first-order chi connectivity index (χ1) is 25.5. The molecule has 6 rings (SSSR count). The highest BCUT2D eigenvalue weighted by atomic mass is 16.5. The number of aromatic nitrogens is 4. The van der Waals surface area contributed by atoms with Crippen LogP contribution in [0.3, 0.4) is 0 Å². The molecule has 15 heteroatoms. The first-order valence-corrected chi connectivity index (χ1v) is 17.9. The number of carbonyl (C=O) groups is 5. The van der Waals surface area contributed by atoms with E-state index in [2.05, 4.69) is 36.4 Å². The fourth-order valence-electron chi connectivity index (χ4n) is 6.78. The van der Waals surface area contributed by atoms with Gasteiger partial charge in [-0.3, -0.25) is 24.0 Å². The smallest absolute Gasteiger partial charge is 0.259 e. The van der Waals surface area contributed by atoms with Crippen molar-refractivity contribution in [1.29, 1.82) is 0 Å². The quantitative estimate of drug-likeness (QED) is 0.187. The van der Waals surface area contributed by atoms with Crippen LogP contribution in [0.4, 0.5) is 0 Å². The summed E-state index contributed by atoms with van der Waals surface area (Å²) in [5.74, 6) is -1.10. The Hall–Kier alpha value is -5.99. The van der Waals surface area contributed by atoms with Crippen LogP contribution in [0.15, 0.2) is 53.2 Å². The van der Waals surface area contributed by atoms with E-state index in [0.717, 1.165) is 33.3 Å². The second-order valence-corrected chi connectivity index (χ2v) is 13.3. The van der Waals surface area contributed by atoms with Gasteiger partial charge in [-0.25, -0.2) is 4.98 Å². The lowest BCUT2D eigenvalue weighted by Gasteiger charge is -2.25. The van der Waals surface area contributed by atoms with Crippen LogP contribution < -0.4 is 21.3 Å². The lowest BCUT2D eigenvalue weighted by Crippen LogP contribution is -2.55. The number of carbonyl (C=O) groups excluding carboxylic acids is 5. The highest BCUT2D eigenvalue weighted by molar-refractivity contribution is 5.99. The average Bonchev–Trinajstić information content (AvgIpc) is 3.81. The molecule has 2 bridgehead atoms. The molecule has 0 spiro atoms. The molecule has 0 unspecified atom stereocenters. The molecular formula is C38H45N9O6. The number of fused-ring (bicyclic) bond motifs is 2. The predicted molar refractivity (Wildman–Crippen MR) is 197 cm³/mol. The molecule has 5 amide bonds. The Labute approximate surface area is 306 Å². The van der Waals surface area contributed by atoms with E-state index in [1.54, 1.807) is 39.0 Å². The van der Waals surface area contributed by atoms with E-state index in [9.17, 15) is 24.0 Å². The molecule has 2 aromatic carbocycles. The molecule has 1 aliphatic rings. The molecule has 5 N–H and O–H groups in total. The number of benzene rings is 2. The summed E-state index contributed by atoms with van der Waals surface area (Å²) < 4.78 is 7.24. The third-order valence-electron chi connectivity index (χ3n) is 9.61. The molecule has 5 aromatic rings. The third-order valence-corrected chi connectivity index (χ3v) is 9.61. The first kappa shape index (κ1) is 36.8. The van der Waals surface area contributed by atoms with Crippen molar-refractivity contribution in [3.8, 4) is 0 Å². The van der Waals surface area contributed by atoms with E-state index >= 15 is 0 Å². The topological polar surface area (TPSA) is 196 Å². The van der Waals surface area contributed by atoms with Gasteiger partial charge in [0.15, 0.2) is 0 Å².